The number of hydrogen-bond acceptors (Lipinski definition) is 5. The second-order valence-electron chi connectivity index (χ2n) is 9.79. The summed E-state index contributed by atoms with van der Waals surface area (Å²) in [6, 6.07) is 10.0. The molecule has 4 aliphatic heterocycles. The molecule has 3 saturated heterocycles. The van der Waals surface area contributed by atoms with Crippen molar-refractivity contribution in [3.63, 3.8) is 0 Å². The summed E-state index contributed by atoms with van der Waals surface area (Å²) in [7, 11) is 0. The predicted molar refractivity (Wildman–Crippen MR) is 120 cm³/mol. The van der Waals surface area contributed by atoms with E-state index >= 15 is 0 Å². The number of anilines is 1. The lowest BCUT2D eigenvalue weighted by Crippen LogP contribution is -2.68. The van der Waals surface area contributed by atoms with Crippen LogP contribution in [0.2, 0.25) is 0 Å². The van der Waals surface area contributed by atoms with Crippen molar-refractivity contribution < 1.29 is 9.59 Å². The molecule has 2 bridgehead atoms. The average Bonchev–Trinajstić information content (AvgIpc) is 3.24. The van der Waals surface area contributed by atoms with Crippen LogP contribution in [0, 0.1) is 18.8 Å². The van der Waals surface area contributed by atoms with Crippen molar-refractivity contribution in [2.75, 3.05) is 18.0 Å². The van der Waals surface area contributed by atoms with E-state index in [0.717, 1.165) is 44.0 Å². The third-order valence-corrected chi connectivity index (χ3v) is 7.83. The minimum Gasteiger partial charge on any atom is -0.356 e. The number of rotatable bonds is 2. The van der Waals surface area contributed by atoms with Crippen LogP contribution in [-0.2, 0) is 22.7 Å². The van der Waals surface area contributed by atoms with Gasteiger partial charge in [-0.2, -0.15) is 0 Å². The molecule has 7 heteroatoms. The fraction of sp³-hybridized carbons (Fsp3) is 0.520. The van der Waals surface area contributed by atoms with Crippen LogP contribution in [-0.4, -0.2) is 56.8 Å². The Kier molecular flexibility index (Phi) is 4.66. The molecule has 2 aromatic rings. The summed E-state index contributed by atoms with van der Waals surface area (Å²) in [5.74, 6) is 2.48. The van der Waals surface area contributed by atoms with Crippen LogP contribution in [0.15, 0.2) is 36.5 Å². The van der Waals surface area contributed by atoms with Crippen molar-refractivity contribution in [2.45, 2.75) is 57.8 Å². The van der Waals surface area contributed by atoms with Crippen molar-refractivity contribution in [3.05, 3.63) is 53.5 Å². The van der Waals surface area contributed by atoms with E-state index in [9.17, 15) is 9.59 Å². The first kappa shape index (κ1) is 19.7. The molecular weight excluding hydrogens is 402 g/mol. The molecule has 6 rings (SSSR count). The van der Waals surface area contributed by atoms with Gasteiger partial charge < -0.3 is 14.7 Å². The molecule has 32 heavy (non-hydrogen) atoms. The Hall–Kier alpha value is -2.96. The number of carbonyl (C=O) groups excluding carboxylic acids is 2. The number of benzene rings is 1. The van der Waals surface area contributed by atoms with Gasteiger partial charge in [-0.15, -0.1) is 0 Å². The van der Waals surface area contributed by atoms with Gasteiger partial charge >= 0.3 is 0 Å². The first-order valence-corrected chi connectivity index (χ1v) is 11.8. The molecular formula is C25H29N5O2. The highest BCUT2D eigenvalue weighted by Gasteiger charge is 2.53. The number of hydrogen-bond donors (Lipinski definition) is 0. The summed E-state index contributed by atoms with van der Waals surface area (Å²) >= 11 is 0. The first-order valence-electron chi connectivity index (χ1n) is 11.8. The summed E-state index contributed by atoms with van der Waals surface area (Å²) in [6.45, 7) is 4.83. The largest absolute Gasteiger partial charge is 0.356 e. The molecule has 0 radical (unpaired) electrons. The van der Waals surface area contributed by atoms with Crippen LogP contribution < -0.4 is 4.90 Å². The fourth-order valence-electron chi connectivity index (χ4n) is 6.46. The fourth-order valence-corrected chi connectivity index (χ4v) is 6.46. The van der Waals surface area contributed by atoms with Gasteiger partial charge in [-0.3, -0.25) is 9.59 Å². The predicted octanol–water partition coefficient (Wildman–Crippen LogP) is 2.53. The Morgan fingerprint density at radius 3 is 2.56 bits per heavy atom. The van der Waals surface area contributed by atoms with Gasteiger partial charge in [0.15, 0.2) is 0 Å². The van der Waals surface area contributed by atoms with Gasteiger partial charge in [-0.05, 0) is 49.3 Å². The third-order valence-electron chi connectivity index (χ3n) is 7.83. The van der Waals surface area contributed by atoms with E-state index in [-0.39, 0.29) is 29.8 Å². The molecule has 2 amide bonds. The zero-order valence-corrected chi connectivity index (χ0v) is 18.5. The van der Waals surface area contributed by atoms with Gasteiger partial charge in [0.05, 0.1) is 0 Å². The molecule has 0 saturated carbocycles. The summed E-state index contributed by atoms with van der Waals surface area (Å²) in [6.07, 6.45) is 5.29. The minimum atomic E-state index is -0.371. The zero-order chi connectivity index (χ0) is 21.8. The van der Waals surface area contributed by atoms with Crippen molar-refractivity contribution >= 4 is 17.6 Å². The van der Waals surface area contributed by atoms with Gasteiger partial charge in [0.1, 0.15) is 17.7 Å². The van der Waals surface area contributed by atoms with Crippen LogP contribution in [0.25, 0.3) is 0 Å². The number of fused-ring (bicyclic) bond motifs is 5. The molecule has 1 aromatic heterocycles. The van der Waals surface area contributed by atoms with Crippen molar-refractivity contribution in [1.82, 2.24) is 19.8 Å². The van der Waals surface area contributed by atoms with E-state index in [4.69, 9.17) is 0 Å². The summed E-state index contributed by atoms with van der Waals surface area (Å²) < 4.78 is 0. The number of carbonyl (C=O) groups is 2. The van der Waals surface area contributed by atoms with E-state index in [1.54, 1.807) is 0 Å². The number of amides is 2. The zero-order valence-electron chi connectivity index (χ0n) is 18.5. The van der Waals surface area contributed by atoms with Gasteiger partial charge in [0.25, 0.3) is 0 Å². The Labute approximate surface area is 188 Å². The minimum absolute atomic E-state index is 0.116. The Morgan fingerprint density at radius 2 is 1.81 bits per heavy atom. The number of aromatic nitrogens is 2. The lowest BCUT2D eigenvalue weighted by Gasteiger charge is -2.56. The third kappa shape index (κ3) is 3.17. The standard InChI is InChI=1S/C25H29N5O2/c1-16-26-10-9-22(27-16)28-14-19-11-20(15-28)24(30-21(19)7-4-8-23(30)31)25(32)29-12-17-5-2-3-6-18(17)13-29/h2-3,5-6,9-10,19-21,24H,4,7-8,11-15H2,1H3/t19-,20+,21-,24+/m0/s1. The molecule has 0 unspecified atom stereocenters. The van der Waals surface area contributed by atoms with E-state index in [0.29, 0.717) is 25.4 Å². The first-order chi connectivity index (χ1) is 15.6. The lowest BCUT2D eigenvalue weighted by atomic mass is 9.71. The SMILES string of the molecule is Cc1nccc(N2C[C@@H]3C[C@H](C2)[C@H](C(=O)N2Cc4ccccc4C2)N2C(=O)CCC[C@@H]32)n1. The maximum atomic E-state index is 14.0. The molecule has 0 spiro atoms. The molecule has 3 fully saturated rings. The number of piperidine rings is 3. The van der Waals surface area contributed by atoms with Gasteiger partial charge in [0.2, 0.25) is 11.8 Å². The van der Waals surface area contributed by atoms with Gasteiger partial charge in [0, 0.05) is 50.8 Å². The van der Waals surface area contributed by atoms with Crippen LogP contribution >= 0.6 is 0 Å². The normalized spacial score (nSPS) is 29.0. The maximum absolute atomic E-state index is 14.0. The quantitative estimate of drug-likeness (QED) is 0.731. The molecule has 7 nitrogen and oxygen atoms in total. The topological polar surface area (TPSA) is 69.6 Å². The summed E-state index contributed by atoms with van der Waals surface area (Å²) in [5, 5.41) is 0. The van der Waals surface area contributed by atoms with Crippen molar-refractivity contribution in [3.8, 4) is 0 Å². The van der Waals surface area contributed by atoms with Gasteiger partial charge in [-0.1, -0.05) is 24.3 Å². The highest BCUT2D eigenvalue weighted by Crippen LogP contribution is 2.43. The highest BCUT2D eigenvalue weighted by atomic mass is 16.2. The van der Waals surface area contributed by atoms with Crippen molar-refractivity contribution in [2.24, 2.45) is 11.8 Å². The maximum Gasteiger partial charge on any atom is 0.246 e. The number of nitrogens with zero attached hydrogens (tertiary/aromatic N) is 5. The Bertz CT molecular complexity index is 1050. The second-order valence-corrected chi connectivity index (χ2v) is 9.79. The highest BCUT2D eigenvalue weighted by molar-refractivity contribution is 5.89. The van der Waals surface area contributed by atoms with Crippen molar-refractivity contribution in [1.29, 1.82) is 0 Å². The molecule has 5 heterocycles. The Balaban J connectivity index is 1.32. The lowest BCUT2D eigenvalue weighted by molar-refractivity contribution is -0.161. The summed E-state index contributed by atoms with van der Waals surface area (Å²) in [5.41, 5.74) is 2.44. The van der Waals surface area contributed by atoms with Crippen LogP contribution in [0.5, 0.6) is 0 Å². The smallest absolute Gasteiger partial charge is 0.246 e. The molecule has 0 N–H and O–H groups in total. The molecule has 0 aliphatic carbocycles. The van der Waals surface area contributed by atoms with E-state index in [1.807, 2.05) is 41.1 Å². The molecule has 4 aliphatic rings. The van der Waals surface area contributed by atoms with E-state index < -0.39 is 0 Å². The monoisotopic (exact) mass is 431 g/mol. The van der Waals surface area contributed by atoms with E-state index in [2.05, 4.69) is 27.0 Å². The molecule has 1 aromatic carbocycles. The molecule has 4 atom stereocenters. The average molecular weight is 432 g/mol. The van der Waals surface area contributed by atoms with E-state index in [1.165, 1.54) is 11.1 Å². The summed E-state index contributed by atoms with van der Waals surface area (Å²) in [4.78, 5) is 42.3. The molecule has 166 valence electrons. The Morgan fingerprint density at radius 1 is 1.06 bits per heavy atom. The second kappa shape index (κ2) is 7.57. The van der Waals surface area contributed by atoms with Crippen LogP contribution in [0.3, 0.4) is 0 Å². The van der Waals surface area contributed by atoms with Crippen LogP contribution in [0.1, 0.15) is 42.6 Å². The van der Waals surface area contributed by atoms with Crippen LogP contribution in [0.4, 0.5) is 5.82 Å². The number of aryl methyl sites for hydroxylation is 1. The van der Waals surface area contributed by atoms with Gasteiger partial charge in [-0.25, -0.2) is 9.97 Å².